The number of hydrogen-bond acceptors (Lipinski definition) is 2. The maximum Gasteiger partial charge on any atom is 0.216 e. The van der Waals surface area contributed by atoms with Gasteiger partial charge in [0.1, 0.15) is 11.5 Å². The van der Waals surface area contributed by atoms with Gasteiger partial charge in [0.15, 0.2) is 0 Å². The summed E-state index contributed by atoms with van der Waals surface area (Å²) in [6.45, 7) is 3.78. The normalized spacial score (nSPS) is 11.1. The fraction of sp³-hybridized carbons (Fsp3) is 0.231. The zero-order valence-electron chi connectivity index (χ0n) is 10.3. The summed E-state index contributed by atoms with van der Waals surface area (Å²) >= 11 is 9.18. The summed E-state index contributed by atoms with van der Waals surface area (Å²) in [5.41, 5.74) is 0.161. The van der Waals surface area contributed by atoms with Gasteiger partial charge in [-0.05, 0) is 41.9 Å². The zero-order chi connectivity index (χ0) is 14.2. The largest absolute Gasteiger partial charge is 0.287 e. The molecule has 0 spiro atoms. The van der Waals surface area contributed by atoms with Gasteiger partial charge in [0.05, 0.1) is 21.3 Å². The van der Waals surface area contributed by atoms with Crippen LogP contribution in [0.15, 0.2) is 28.9 Å². The third kappa shape index (κ3) is 2.58. The van der Waals surface area contributed by atoms with E-state index in [2.05, 4.69) is 21.0 Å². The monoisotopic (exact) mass is 344 g/mol. The SMILES string of the molecule is CC(C)n1ncc(Br)c1C(=O)c1c(F)cccc1Cl. The first-order valence-corrected chi connectivity index (χ1v) is 6.82. The van der Waals surface area contributed by atoms with E-state index >= 15 is 0 Å². The lowest BCUT2D eigenvalue weighted by molar-refractivity contribution is 0.102. The van der Waals surface area contributed by atoms with E-state index in [9.17, 15) is 9.18 Å². The van der Waals surface area contributed by atoms with Gasteiger partial charge < -0.3 is 0 Å². The molecule has 0 atom stereocenters. The summed E-state index contributed by atoms with van der Waals surface area (Å²) in [4.78, 5) is 12.5. The topological polar surface area (TPSA) is 34.9 Å². The summed E-state index contributed by atoms with van der Waals surface area (Å²) < 4.78 is 15.9. The second-order valence-corrected chi connectivity index (χ2v) is 5.57. The predicted molar refractivity (Wildman–Crippen MR) is 75.2 cm³/mol. The van der Waals surface area contributed by atoms with Crippen molar-refractivity contribution in [2.24, 2.45) is 0 Å². The Kier molecular flexibility index (Phi) is 4.06. The molecule has 0 aliphatic rings. The third-order valence-corrected chi connectivity index (χ3v) is 3.54. The van der Waals surface area contributed by atoms with Crippen molar-refractivity contribution >= 4 is 33.3 Å². The van der Waals surface area contributed by atoms with Crippen molar-refractivity contribution in [2.75, 3.05) is 0 Å². The van der Waals surface area contributed by atoms with E-state index in [1.165, 1.54) is 29.1 Å². The molecule has 1 aromatic heterocycles. The van der Waals surface area contributed by atoms with Crippen LogP contribution >= 0.6 is 27.5 Å². The van der Waals surface area contributed by atoms with Crippen molar-refractivity contribution in [3.63, 3.8) is 0 Å². The average molecular weight is 346 g/mol. The highest BCUT2D eigenvalue weighted by molar-refractivity contribution is 9.10. The fourth-order valence-electron chi connectivity index (χ4n) is 1.78. The predicted octanol–water partition coefficient (Wildman–Crippen LogP) is 4.25. The Hall–Kier alpha value is -1.20. The quantitative estimate of drug-likeness (QED) is 0.780. The molecule has 0 unspecified atom stereocenters. The minimum Gasteiger partial charge on any atom is -0.287 e. The highest BCUT2D eigenvalue weighted by Gasteiger charge is 2.24. The summed E-state index contributed by atoms with van der Waals surface area (Å²) in [5.74, 6) is -1.12. The summed E-state index contributed by atoms with van der Waals surface area (Å²) in [5, 5.41) is 4.20. The summed E-state index contributed by atoms with van der Waals surface area (Å²) in [6.07, 6.45) is 1.52. The van der Waals surface area contributed by atoms with E-state index in [1.807, 2.05) is 13.8 Å². The minimum atomic E-state index is -0.638. The lowest BCUT2D eigenvalue weighted by atomic mass is 10.1. The molecule has 3 nitrogen and oxygen atoms in total. The first-order chi connectivity index (χ1) is 8.93. The smallest absolute Gasteiger partial charge is 0.216 e. The number of carbonyl (C=O) groups is 1. The Balaban J connectivity index is 2.60. The Bertz CT molecular complexity index is 619. The number of rotatable bonds is 3. The first-order valence-electron chi connectivity index (χ1n) is 5.65. The molecule has 6 heteroatoms. The van der Waals surface area contributed by atoms with Crippen molar-refractivity contribution in [2.45, 2.75) is 19.9 Å². The molecule has 19 heavy (non-hydrogen) atoms. The summed E-state index contributed by atoms with van der Waals surface area (Å²) in [6, 6.07) is 4.14. The van der Waals surface area contributed by atoms with Gasteiger partial charge in [0.2, 0.25) is 5.78 Å². The molecule has 0 fully saturated rings. The Morgan fingerprint density at radius 3 is 2.74 bits per heavy atom. The van der Waals surface area contributed by atoms with Gasteiger partial charge in [-0.1, -0.05) is 17.7 Å². The molecular weight excluding hydrogens is 335 g/mol. The van der Waals surface area contributed by atoms with E-state index in [-0.39, 0.29) is 16.6 Å². The summed E-state index contributed by atoms with van der Waals surface area (Å²) in [7, 11) is 0. The number of benzene rings is 1. The molecule has 2 aromatic rings. The lowest BCUT2D eigenvalue weighted by Gasteiger charge is -2.11. The van der Waals surface area contributed by atoms with Crippen LogP contribution in [0.25, 0.3) is 0 Å². The second-order valence-electron chi connectivity index (χ2n) is 4.31. The van der Waals surface area contributed by atoms with Crippen molar-refractivity contribution in [3.8, 4) is 0 Å². The van der Waals surface area contributed by atoms with Gasteiger partial charge in [0.25, 0.3) is 0 Å². The highest BCUT2D eigenvalue weighted by Crippen LogP contribution is 2.27. The molecule has 2 rings (SSSR count). The molecular formula is C13H11BrClFN2O. The maximum absolute atomic E-state index is 13.8. The van der Waals surface area contributed by atoms with Gasteiger partial charge >= 0.3 is 0 Å². The van der Waals surface area contributed by atoms with E-state index in [0.717, 1.165) is 0 Å². The number of aromatic nitrogens is 2. The number of carbonyl (C=O) groups excluding carboxylic acids is 1. The minimum absolute atomic E-state index is 0.0178. The van der Waals surface area contributed by atoms with Gasteiger partial charge in [-0.25, -0.2) is 4.39 Å². The Morgan fingerprint density at radius 2 is 2.16 bits per heavy atom. The van der Waals surface area contributed by atoms with Crippen molar-refractivity contribution < 1.29 is 9.18 Å². The molecule has 0 saturated heterocycles. The van der Waals surface area contributed by atoms with Gasteiger partial charge in [-0.15, -0.1) is 0 Å². The van der Waals surface area contributed by atoms with Crippen LogP contribution in [0.3, 0.4) is 0 Å². The maximum atomic E-state index is 13.8. The van der Waals surface area contributed by atoms with E-state index in [4.69, 9.17) is 11.6 Å². The van der Waals surface area contributed by atoms with Crippen LogP contribution < -0.4 is 0 Å². The van der Waals surface area contributed by atoms with Crippen LogP contribution in [-0.4, -0.2) is 15.6 Å². The van der Waals surface area contributed by atoms with Crippen molar-refractivity contribution in [1.29, 1.82) is 0 Å². The number of halogens is 3. The molecule has 0 N–H and O–H groups in total. The van der Waals surface area contributed by atoms with E-state index in [0.29, 0.717) is 10.2 Å². The Morgan fingerprint density at radius 1 is 1.47 bits per heavy atom. The van der Waals surface area contributed by atoms with Crippen LogP contribution in [0.2, 0.25) is 5.02 Å². The van der Waals surface area contributed by atoms with Gasteiger partial charge in [0, 0.05) is 6.04 Å². The second kappa shape index (κ2) is 5.43. The van der Waals surface area contributed by atoms with Crippen LogP contribution in [0.5, 0.6) is 0 Å². The van der Waals surface area contributed by atoms with Gasteiger partial charge in [-0.2, -0.15) is 5.10 Å². The molecule has 0 aliphatic heterocycles. The molecule has 100 valence electrons. The van der Waals surface area contributed by atoms with E-state index in [1.54, 1.807) is 0 Å². The van der Waals surface area contributed by atoms with Gasteiger partial charge in [-0.3, -0.25) is 9.48 Å². The van der Waals surface area contributed by atoms with Crippen LogP contribution in [0.1, 0.15) is 35.9 Å². The molecule has 1 heterocycles. The third-order valence-electron chi connectivity index (χ3n) is 2.64. The molecule has 0 saturated carbocycles. The van der Waals surface area contributed by atoms with E-state index < -0.39 is 11.6 Å². The number of ketones is 1. The fourth-order valence-corrected chi connectivity index (χ4v) is 2.48. The van der Waals surface area contributed by atoms with Crippen molar-refractivity contribution in [1.82, 2.24) is 9.78 Å². The van der Waals surface area contributed by atoms with Crippen LogP contribution in [-0.2, 0) is 0 Å². The molecule has 0 radical (unpaired) electrons. The molecule has 1 aromatic carbocycles. The lowest BCUT2D eigenvalue weighted by Crippen LogP contribution is -2.15. The molecule has 0 amide bonds. The zero-order valence-corrected chi connectivity index (χ0v) is 12.7. The Labute approximate surface area is 123 Å². The highest BCUT2D eigenvalue weighted by atomic mass is 79.9. The van der Waals surface area contributed by atoms with Crippen LogP contribution in [0, 0.1) is 5.82 Å². The van der Waals surface area contributed by atoms with Crippen LogP contribution in [0.4, 0.5) is 4.39 Å². The first kappa shape index (κ1) is 14.2. The molecule has 0 aliphatic carbocycles. The standard InChI is InChI=1S/C13H11BrClFN2O/c1-7(2)18-12(8(14)6-17-18)13(19)11-9(15)4-3-5-10(11)16/h3-7H,1-2H3. The average Bonchev–Trinajstić information content (AvgIpc) is 2.70. The van der Waals surface area contributed by atoms with Crippen molar-refractivity contribution in [3.05, 3.63) is 51.0 Å². The number of hydrogen-bond donors (Lipinski definition) is 0. The number of nitrogens with zero attached hydrogens (tertiary/aromatic N) is 2. The molecule has 0 bridgehead atoms.